The van der Waals surface area contributed by atoms with Crippen LogP contribution in [0.3, 0.4) is 0 Å². The third kappa shape index (κ3) is 1.52. The lowest BCUT2D eigenvalue weighted by Crippen LogP contribution is -2.28. The zero-order valence-electron chi connectivity index (χ0n) is 9.54. The van der Waals surface area contributed by atoms with Crippen LogP contribution in [0.1, 0.15) is 43.2 Å². The molecular formula is C14H18O2. The van der Waals surface area contributed by atoms with Crippen LogP contribution in [0.4, 0.5) is 0 Å². The fourth-order valence-corrected chi connectivity index (χ4v) is 2.99. The highest BCUT2D eigenvalue weighted by atomic mass is 16.5. The molecule has 1 aliphatic heterocycles. The molecule has 2 heteroatoms. The van der Waals surface area contributed by atoms with Gasteiger partial charge in [-0.2, -0.15) is 0 Å². The molecule has 16 heavy (non-hydrogen) atoms. The van der Waals surface area contributed by atoms with Crippen molar-refractivity contribution in [1.82, 2.24) is 0 Å². The van der Waals surface area contributed by atoms with Crippen molar-refractivity contribution in [1.29, 1.82) is 0 Å². The van der Waals surface area contributed by atoms with Crippen LogP contribution in [0.15, 0.2) is 18.2 Å². The van der Waals surface area contributed by atoms with Gasteiger partial charge in [-0.1, -0.05) is 37.5 Å². The van der Waals surface area contributed by atoms with E-state index in [4.69, 9.17) is 4.74 Å². The number of aliphatic hydroxyl groups is 1. The Morgan fingerprint density at radius 1 is 1.12 bits per heavy atom. The quantitative estimate of drug-likeness (QED) is 0.785. The first kappa shape index (κ1) is 10.2. The van der Waals surface area contributed by atoms with E-state index in [9.17, 15) is 5.11 Å². The van der Waals surface area contributed by atoms with E-state index in [1.54, 1.807) is 0 Å². The van der Waals surface area contributed by atoms with Crippen molar-refractivity contribution in [2.24, 2.45) is 0 Å². The van der Waals surface area contributed by atoms with Gasteiger partial charge in [-0.25, -0.2) is 0 Å². The van der Waals surface area contributed by atoms with Gasteiger partial charge in [-0.05, 0) is 18.4 Å². The summed E-state index contributed by atoms with van der Waals surface area (Å²) in [6.07, 6.45) is 6.25. The summed E-state index contributed by atoms with van der Waals surface area (Å²) in [6.45, 7) is 0.766. The first-order valence-corrected chi connectivity index (χ1v) is 6.27. The summed E-state index contributed by atoms with van der Waals surface area (Å²) in [4.78, 5) is 0. The molecule has 1 N–H and O–H groups in total. The van der Waals surface area contributed by atoms with Crippen LogP contribution in [0.2, 0.25) is 0 Å². The summed E-state index contributed by atoms with van der Waals surface area (Å²) in [5.74, 6) is 0.965. The molecular weight excluding hydrogens is 200 g/mol. The standard InChI is InChI=1S/C14H18O2/c15-14(8-2-1-3-9-14)12-6-4-5-11-7-10-16-13(11)12/h4-6,15H,1-3,7-10H2. The minimum absolute atomic E-state index is 0.631. The van der Waals surface area contributed by atoms with Gasteiger partial charge in [-0.15, -0.1) is 0 Å². The monoisotopic (exact) mass is 218 g/mol. The Balaban J connectivity index is 2.02. The zero-order chi connectivity index (χ0) is 11.0. The lowest BCUT2D eigenvalue weighted by molar-refractivity contribution is -0.00259. The summed E-state index contributed by atoms with van der Waals surface area (Å²) in [5, 5.41) is 10.7. The smallest absolute Gasteiger partial charge is 0.128 e. The lowest BCUT2D eigenvalue weighted by Gasteiger charge is -2.33. The van der Waals surface area contributed by atoms with Gasteiger partial charge >= 0.3 is 0 Å². The van der Waals surface area contributed by atoms with Gasteiger partial charge in [0.15, 0.2) is 0 Å². The van der Waals surface area contributed by atoms with Crippen molar-refractivity contribution in [2.45, 2.75) is 44.1 Å². The van der Waals surface area contributed by atoms with E-state index in [1.807, 2.05) is 6.07 Å². The third-order valence-electron chi connectivity index (χ3n) is 3.90. The normalized spacial score (nSPS) is 22.6. The van der Waals surface area contributed by atoms with E-state index in [2.05, 4.69) is 12.1 Å². The molecule has 0 spiro atoms. The molecule has 1 aromatic carbocycles. The van der Waals surface area contributed by atoms with Crippen LogP contribution in [-0.4, -0.2) is 11.7 Å². The second-order valence-corrected chi connectivity index (χ2v) is 4.98. The average Bonchev–Trinajstić information content (AvgIpc) is 2.77. The van der Waals surface area contributed by atoms with Crippen molar-refractivity contribution >= 4 is 0 Å². The van der Waals surface area contributed by atoms with Crippen LogP contribution in [-0.2, 0) is 12.0 Å². The van der Waals surface area contributed by atoms with Crippen molar-refractivity contribution in [3.05, 3.63) is 29.3 Å². The highest BCUT2D eigenvalue weighted by Crippen LogP contribution is 2.43. The maximum atomic E-state index is 10.7. The SMILES string of the molecule is OC1(c2cccc3c2OCC3)CCCCC1. The summed E-state index contributed by atoms with van der Waals surface area (Å²) in [6, 6.07) is 6.20. The van der Waals surface area contributed by atoms with Gasteiger partial charge in [0.2, 0.25) is 0 Å². The molecule has 0 aromatic heterocycles. The van der Waals surface area contributed by atoms with E-state index in [0.717, 1.165) is 50.0 Å². The molecule has 1 heterocycles. The summed E-state index contributed by atoms with van der Waals surface area (Å²) >= 11 is 0. The Bertz CT molecular complexity index is 392. The first-order chi connectivity index (χ1) is 7.80. The van der Waals surface area contributed by atoms with Crippen LogP contribution in [0.25, 0.3) is 0 Å². The Hall–Kier alpha value is -1.02. The number of rotatable bonds is 1. The molecule has 0 amide bonds. The molecule has 0 bridgehead atoms. The summed E-state index contributed by atoms with van der Waals surface area (Å²) in [5.41, 5.74) is 1.66. The molecule has 1 aliphatic carbocycles. The van der Waals surface area contributed by atoms with Gasteiger partial charge in [0, 0.05) is 12.0 Å². The average molecular weight is 218 g/mol. The molecule has 2 nitrogen and oxygen atoms in total. The second-order valence-electron chi connectivity index (χ2n) is 4.98. The predicted octanol–water partition coefficient (Wildman–Crippen LogP) is 2.77. The van der Waals surface area contributed by atoms with E-state index in [-0.39, 0.29) is 0 Å². The maximum absolute atomic E-state index is 10.7. The van der Waals surface area contributed by atoms with Crippen LogP contribution in [0, 0.1) is 0 Å². The fraction of sp³-hybridized carbons (Fsp3) is 0.571. The molecule has 3 rings (SSSR count). The number of benzene rings is 1. The zero-order valence-corrected chi connectivity index (χ0v) is 9.54. The van der Waals surface area contributed by atoms with Crippen molar-refractivity contribution in [3.8, 4) is 5.75 Å². The maximum Gasteiger partial charge on any atom is 0.128 e. The predicted molar refractivity (Wildman–Crippen MR) is 62.6 cm³/mol. The number of ether oxygens (including phenoxy) is 1. The minimum atomic E-state index is -0.631. The minimum Gasteiger partial charge on any atom is -0.493 e. The van der Waals surface area contributed by atoms with Crippen LogP contribution < -0.4 is 4.74 Å². The number of fused-ring (bicyclic) bond motifs is 1. The Kier molecular flexibility index (Phi) is 2.40. The largest absolute Gasteiger partial charge is 0.493 e. The van der Waals surface area contributed by atoms with Gasteiger partial charge in [0.1, 0.15) is 5.75 Å². The molecule has 1 fully saturated rings. The lowest BCUT2D eigenvalue weighted by atomic mass is 9.79. The molecule has 0 unspecified atom stereocenters. The van der Waals surface area contributed by atoms with Crippen molar-refractivity contribution < 1.29 is 9.84 Å². The summed E-state index contributed by atoms with van der Waals surface area (Å²) < 4.78 is 5.69. The Morgan fingerprint density at radius 3 is 2.75 bits per heavy atom. The molecule has 86 valence electrons. The number of para-hydroxylation sites is 1. The number of hydrogen-bond donors (Lipinski definition) is 1. The molecule has 0 saturated heterocycles. The van der Waals surface area contributed by atoms with Crippen LogP contribution >= 0.6 is 0 Å². The number of hydrogen-bond acceptors (Lipinski definition) is 2. The van der Waals surface area contributed by atoms with Gasteiger partial charge in [0.25, 0.3) is 0 Å². The molecule has 1 aromatic rings. The van der Waals surface area contributed by atoms with Crippen molar-refractivity contribution in [3.63, 3.8) is 0 Å². The van der Waals surface area contributed by atoms with Gasteiger partial charge in [-0.3, -0.25) is 0 Å². The molecule has 0 radical (unpaired) electrons. The fourth-order valence-electron chi connectivity index (χ4n) is 2.99. The third-order valence-corrected chi connectivity index (χ3v) is 3.90. The second kappa shape index (κ2) is 3.77. The highest BCUT2D eigenvalue weighted by Gasteiger charge is 2.35. The Morgan fingerprint density at radius 2 is 1.94 bits per heavy atom. The Labute approximate surface area is 96.2 Å². The van der Waals surface area contributed by atoms with E-state index < -0.39 is 5.60 Å². The first-order valence-electron chi connectivity index (χ1n) is 6.27. The van der Waals surface area contributed by atoms with Crippen molar-refractivity contribution in [2.75, 3.05) is 6.61 Å². The summed E-state index contributed by atoms with van der Waals surface area (Å²) in [7, 11) is 0. The van der Waals surface area contributed by atoms with E-state index >= 15 is 0 Å². The van der Waals surface area contributed by atoms with Crippen LogP contribution in [0.5, 0.6) is 5.75 Å². The molecule has 2 aliphatic rings. The molecule has 0 atom stereocenters. The highest BCUT2D eigenvalue weighted by molar-refractivity contribution is 5.47. The van der Waals surface area contributed by atoms with E-state index in [1.165, 1.54) is 12.0 Å². The van der Waals surface area contributed by atoms with E-state index in [0.29, 0.717) is 0 Å². The topological polar surface area (TPSA) is 29.5 Å². The van der Waals surface area contributed by atoms with Gasteiger partial charge in [0.05, 0.1) is 12.2 Å². The molecule has 1 saturated carbocycles. The van der Waals surface area contributed by atoms with Gasteiger partial charge < -0.3 is 9.84 Å².